The Morgan fingerprint density at radius 2 is 2.11 bits per heavy atom. The van der Waals surface area contributed by atoms with Crippen molar-refractivity contribution in [1.29, 1.82) is 0 Å². The number of benzene rings is 1. The minimum absolute atomic E-state index is 0.429. The molecule has 2 rings (SSSR count). The van der Waals surface area contributed by atoms with Crippen molar-refractivity contribution in [3.63, 3.8) is 0 Å². The molecule has 0 fully saturated rings. The van der Waals surface area contributed by atoms with Crippen LogP contribution in [0.15, 0.2) is 30.5 Å². The molecular weight excluding hydrogens is 246 g/mol. The van der Waals surface area contributed by atoms with Crippen LogP contribution in [0.3, 0.4) is 0 Å². The first kappa shape index (κ1) is 13.1. The van der Waals surface area contributed by atoms with Crippen LogP contribution >= 0.6 is 11.6 Å². The molecule has 0 saturated carbocycles. The molecule has 1 aromatic carbocycles. The summed E-state index contributed by atoms with van der Waals surface area (Å²) in [4.78, 5) is 0. The third-order valence-corrected chi connectivity index (χ3v) is 3.10. The lowest BCUT2D eigenvalue weighted by atomic mass is 10.1. The Morgan fingerprint density at radius 1 is 1.33 bits per heavy atom. The van der Waals surface area contributed by atoms with Gasteiger partial charge in [-0.3, -0.25) is 0 Å². The highest BCUT2D eigenvalue weighted by Gasteiger charge is 2.09. The summed E-state index contributed by atoms with van der Waals surface area (Å²) in [5.74, 6) is 0.429. The zero-order valence-electron chi connectivity index (χ0n) is 10.9. The number of hydrogen-bond donors (Lipinski definition) is 1. The predicted octanol–water partition coefficient (Wildman–Crippen LogP) is 3.37. The van der Waals surface area contributed by atoms with E-state index in [9.17, 15) is 0 Å². The van der Waals surface area contributed by atoms with E-state index in [1.54, 1.807) is 0 Å². The quantitative estimate of drug-likeness (QED) is 0.917. The number of nitrogens with one attached hydrogen (secondary N) is 1. The summed E-state index contributed by atoms with van der Waals surface area (Å²) < 4.78 is 1.90. The maximum absolute atomic E-state index is 6.07. The average molecular weight is 264 g/mol. The van der Waals surface area contributed by atoms with Gasteiger partial charge in [-0.15, -0.1) is 0 Å². The standard InChI is InChI=1S/C14H18ClN3/c1-10(2)13-6-7-18(17-13)14-8-12(15)5-4-11(14)9-16-3/h4-8,10,16H,9H2,1-3H3. The molecule has 1 N–H and O–H groups in total. The molecule has 4 heteroatoms. The fourth-order valence-electron chi connectivity index (χ4n) is 1.87. The number of hydrogen-bond acceptors (Lipinski definition) is 2. The van der Waals surface area contributed by atoms with E-state index in [0.29, 0.717) is 5.92 Å². The normalized spacial score (nSPS) is 11.2. The summed E-state index contributed by atoms with van der Waals surface area (Å²) >= 11 is 6.07. The maximum atomic E-state index is 6.07. The van der Waals surface area contributed by atoms with Crippen LogP contribution in [0.4, 0.5) is 0 Å². The van der Waals surface area contributed by atoms with Crippen molar-refractivity contribution in [3.05, 3.63) is 46.7 Å². The molecular formula is C14H18ClN3. The van der Waals surface area contributed by atoms with Crippen molar-refractivity contribution in [3.8, 4) is 5.69 Å². The smallest absolute Gasteiger partial charge is 0.0705 e. The Kier molecular flexibility index (Phi) is 4.04. The number of rotatable bonds is 4. The molecule has 0 radical (unpaired) electrons. The van der Waals surface area contributed by atoms with Crippen LogP contribution in [0, 0.1) is 0 Å². The van der Waals surface area contributed by atoms with E-state index in [0.717, 1.165) is 22.9 Å². The molecule has 1 heterocycles. The lowest BCUT2D eigenvalue weighted by molar-refractivity contribution is 0.751. The van der Waals surface area contributed by atoms with Gasteiger partial charge in [0.1, 0.15) is 0 Å². The van der Waals surface area contributed by atoms with Gasteiger partial charge >= 0.3 is 0 Å². The summed E-state index contributed by atoms with van der Waals surface area (Å²) in [6.07, 6.45) is 1.99. The van der Waals surface area contributed by atoms with Crippen molar-refractivity contribution in [2.75, 3.05) is 7.05 Å². The van der Waals surface area contributed by atoms with Crippen molar-refractivity contribution in [2.45, 2.75) is 26.3 Å². The van der Waals surface area contributed by atoms with Gasteiger partial charge in [-0.25, -0.2) is 4.68 Å². The Bertz CT molecular complexity index is 532. The maximum Gasteiger partial charge on any atom is 0.0705 e. The third kappa shape index (κ3) is 2.74. The van der Waals surface area contributed by atoms with Crippen molar-refractivity contribution in [1.82, 2.24) is 15.1 Å². The van der Waals surface area contributed by atoms with Crippen LogP contribution in [0.25, 0.3) is 5.69 Å². The topological polar surface area (TPSA) is 29.9 Å². The average Bonchev–Trinajstić information content (AvgIpc) is 2.81. The largest absolute Gasteiger partial charge is 0.316 e. The second-order valence-electron chi connectivity index (χ2n) is 4.64. The van der Waals surface area contributed by atoms with Crippen LogP contribution in [0.1, 0.15) is 31.0 Å². The highest BCUT2D eigenvalue weighted by Crippen LogP contribution is 2.21. The fraction of sp³-hybridized carbons (Fsp3) is 0.357. The van der Waals surface area contributed by atoms with E-state index >= 15 is 0 Å². The van der Waals surface area contributed by atoms with Crippen molar-refractivity contribution in [2.24, 2.45) is 0 Å². The molecule has 0 bridgehead atoms. The SMILES string of the molecule is CNCc1ccc(Cl)cc1-n1ccc(C(C)C)n1. The molecule has 2 aromatic rings. The van der Waals surface area contributed by atoms with Crippen molar-refractivity contribution >= 4 is 11.6 Å². The first-order chi connectivity index (χ1) is 8.61. The van der Waals surface area contributed by atoms with E-state index < -0.39 is 0 Å². The van der Waals surface area contributed by atoms with Crippen LogP contribution in [0.2, 0.25) is 5.02 Å². The summed E-state index contributed by atoms with van der Waals surface area (Å²) in [5, 5.41) is 8.48. The monoisotopic (exact) mass is 263 g/mol. The lowest BCUT2D eigenvalue weighted by Crippen LogP contribution is -2.09. The first-order valence-corrected chi connectivity index (χ1v) is 6.48. The number of aromatic nitrogens is 2. The molecule has 3 nitrogen and oxygen atoms in total. The van der Waals surface area contributed by atoms with Gasteiger partial charge in [0.25, 0.3) is 0 Å². The summed E-state index contributed by atoms with van der Waals surface area (Å²) in [6, 6.07) is 7.94. The Balaban J connectivity index is 2.44. The highest BCUT2D eigenvalue weighted by atomic mass is 35.5. The molecule has 96 valence electrons. The van der Waals surface area contributed by atoms with Gasteiger partial charge in [0, 0.05) is 17.8 Å². The van der Waals surface area contributed by atoms with Gasteiger partial charge in [0.05, 0.1) is 11.4 Å². The van der Waals surface area contributed by atoms with E-state index in [-0.39, 0.29) is 0 Å². The lowest BCUT2D eigenvalue weighted by Gasteiger charge is -2.10. The van der Waals surface area contributed by atoms with Crippen LogP contribution in [0.5, 0.6) is 0 Å². The molecule has 0 unspecified atom stereocenters. The molecule has 0 atom stereocenters. The molecule has 0 aliphatic rings. The Morgan fingerprint density at radius 3 is 2.72 bits per heavy atom. The summed E-state index contributed by atoms with van der Waals surface area (Å²) in [7, 11) is 1.93. The van der Waals surface area contributed by atoms with E-state index in [2.05, 4.69) is 30.3 Å². The minimum atomic E-state index is 0.429. The van der Waals surface area contributed by atoms with Crippen LogP contribution < -0.4 is 5.32 Å². The molecule has 0 aliphatic heterocycles. The minimum Gasteiger partial charge on any atom is -0.316 e. The second-order valence-corrected chi connectivity index (χ2v) is 5.08. The zero-order valence-corrected chi connectivity index (χ0v) is 11.7. The zero-order chi connectivity index (χ0) is 13.1. The van der Waals surface area contributed by atoms with Gasteiger partial charge in [-0.2, -0.15) is 5.10 Å². The van der Waals surface area contributed by atoms with Crippen molar-refractivity contribution < 1.29 is 0 Å². The Hall–Kier alpha value is -1.32. The first-order valence-electron chi connectivity index (χ1n) is 6.10. The predicted molar refractivity (Wildman–Crippen MR) is 75.4 cm³/mol. The van der Waals surface area contributed by atoms with Gasteiger partial charge in [0.2, 0.25) is 0 Å². The van der Waals surface area contributed by atoms with E-state index in [1.807, 2.05) is 36.1 Å². The number of halogens is 1. The van der Waals surface area contributed by atoms with E-state index in [4.69, 9.17) is 11.6 Å². The molecule has 0 amide bonds. The summed E-state index contributed by atoms with van der Waals surface area (Å²) in [5.41, 5.74) is 3.30. The highest BCUT2D eigenvalue weighted by molar-refractivity contribution is 6.30. The third-order valence-electron chi connectivity index (χ3n) is 2.86. The fourth-order valence-corrected chi connectivity index (χ4v) is 2.04. The molecule has 0 saturated heterocycles. The molecule has 0 aliphatic carbocycles. The molecule has 1 aromatic heterocycles. The summed E-state index contributed by atoms with van der Waals surface area (Å²) in [6.45, 7) is 5.07. The molecule has 18 heavy (non-hydrogen) atoms. The van der Waals surface area contributed by atoms with Gasteiger partial charge < -0.3 is 5.32 Å². The van der Waals surface area contributed by atoms with E-state index in [1.165, 1.54) is 5.56 Å². The Labute approximate surface area is 113 Å². The van der Waals surface area contributed by atoms with Gasteiger partial charge in [-0.05, 0) is 36.7 Å². The van der Waals surface area contributed by atoms with Gasteiger partial charge in [0.15, 0.2) is 0 Å². The van der Waals surface area contributed by atoms with Crippen LogP contribution in [-0.2, 0) is 6.54 Å². The second kappa shape index (κ2) is 5.55. The molecule has 0 spiro atoms. The van der Waals surface area contributed by atoms with Gasteiger partial charge in [-0.1, -0.05) is 31.5 Å². The number of nitrogens with zero attached hydrogens (tertiary/aromatic N) is 2. The van der Waals surface area contributed by atoms with Crippen LogP contribution in [-0.4, -0.2) is 16.8 Å².